The molecule has 0 radical (unpaired) electrons. The number of ether oxygens (including phenoxy) is 1. The number of rotatable bonds is 11. The van der Waals surface area contributed by atoms with Gasteiger partial charge < -0.3 is 19.9 Å². The van der Waals surface area contributed by atoms with Crippen molar-refractivity contribution in [1.82, 2.24) is 25.4 Å². The van der Waals surface area contributed by atoms with Gasteiger partial charge in [0.25, 0.3) is 0 Å². The smallest absolute Gasteiger partial charge is 0.191 e. The molecule has 2 aromatic rings. The van der Waals surface area contributed by atoms with Crippen molar-refractivity contribution in [2.24, 2.45) is 18.0 Å². The second-order valence-corrected chi connectivity index (χ2v) is 7.92. The van der Waals surface area contributed by atoms with Gasteiger partial charge in [0.05, 0.1) is 0 Å². The standard InChI is InChI=1S/C19H32N6OS.HI/c1-15(2)14-26-11-6-9-20-19(21-10-8-17-7-5-12-27-17)22-13-18-24-23-16(3)25(18)4;/h5,7,12,15H,6,8-11,13-14H2,1-4H3,(H2,20,21,22);1H. The summed E-state index contributed by atoms with van der Waals surface area (Å²) in [4.78, 5) is 6.04. The van der Waals surface area contributed by atoms with Gasteiger partial charge in [-0.25, -0.2) is 4.99 Å². The van der Waals surface area contributed by atoms with Crippen molar-refractivity contribution in [3.8, 4) is 0 Å². The molecule has 28 heavy (non-hydrogen) atoms. The SMILES string of the molecule is Cc1nnc(CN=C(NCCCOCC(C)C)NCCc2cccs2)n1C.I. The molecule has 2 rings (SSSR count). The Morgan fingerprint density at radius 3 is 2.71 bits per heavy atom. The van der Waals surface area contributed by atoms with E-state index in [-0.39, 0.29) is 24.0 Å². The van der Waals surface area contributed by atoms with E-state index in [1.807, 2.05) is 18.5 Å². The summed E-state index contributed by atoms with van der Waals surface area (Å²) in [7, 11) is 1.96. The van der Waals surface area contributed by atoms with Crippen LogP contribution in [0.5, 0.6) is 0 Å². The average Bonchev–Trinajstić information content (AvgIpc) is 3.26. The minimum atomic E-state index is 0. The summed E-state index contributed by atoms with van der Waals surface area (Å²) in [6, 6.07) is 4.24. The lowest BCUT2D eigenvalue weighted by atomic mass is 10.2. The third-order valence-electron chi connectivity index (χ3n) is 4.01. The quantitative estimate of drug-likeness (QED) is 0.206. The molecular weight excluding hydrogens is 487 g/mol. The number of hydrogen-bond acceptors (Lipinski definition) is 5. The summed E-state index contributed by atoms with van der Waals surface area (Å²) < 4.78 is 7.60. The van der Waals surface area contributed by atoms with Gasteiger partial charge in [-0.3, -0.25) is 0 Å². The van der Waals surface area contributed by atoms with Gasteiger partial charge in [0.15, 0.2) is 11.8 Å². The monoisotopic (exact) mass is 520 g/mol. The molecule has 2 aromatic heterocycles. The lowest BCUT2D eigenvalue weighted by Gasteiger charge is -2.13. The van der Waals surface area contributed by atoms with Crippen LogP contribution in [0, 0.1) is 12.8 Å². The van der Waals surface area contributed by atoms with Gasteiger partial charge in [-0.15, -0.1) is 45.5 Å². The maximum Gasteiger partial charge on any atom is 0.191 e. The molecule has 0 saturated heterocycles. The van der Waals surface area contributed by atoms with Crippen LogP contribution in [-0.4, -0.2) is 47.0 Å². The maximum atomic E-state index is 5.63. The Balaban J connectivity index is 0.00000392. The Morgan fingerprint density at radius 2 is 2.07 bits per heavy atom. The molecule has 0 aromatic carbocycles. The predicted molar refractivity (Wildman–Crippen MR) is 127 cm³/mol. The van der Waals surface area contributed by atoms with Crippen molar-refractivity contribution in [3.63, 3.8) is 0 Å². The molecule has 0 saturated carbocycles. The summed E-state index contributed by atoms with van der Waals surface area (Å²) >= 11 is 1.78. The van der Waals surface area contributed by atoms with E-state index >= 15 is 0 Å². The highest BCUT2D eigenvalue weighted by Crippen LogP contribution is 2.08. The van der Waals surface area contributed by atoms with Crippen LogP contribution < -0.4 is 10.6 Å². The molecule has 0 amide bonds. The number of nitrogens with zero attached hydrogens (tertiary/aromatic N) is 4. The van der Waals surface area contributed by atoms with Crippen LogP contribution in [0.3, 0.4) is 0 Å². The molecule has 0 bridgehead atoms. The number of halogens is 1. The second kappa shape index (κ2) is 13.9. The van der Waals surface area contributed by atoms with E-state index in [4.69, 9.17) is 4.74 Å². The molecule has 0 spiro atoms. The zero-order chi connectivity index (χ0) is 19.5. The fraction of sp³-hybridized carbons (Fsp3) is 0.632. The highest BCUT2D eigenvalue weighted by Gasteiger charge is 2.05. The Hall–Kier alpha value is -1.20. The van der Waals surface area contributed by atoms with E-state index in [0.29, 0.717) is 12.5 Å². The highest BCUT2D eigenvalue weighted by atomic mass is 127. The Labute approximate surface area is 189 Å². The Bertz CT molecular complexity index is 687. The predicted octanol–water partition coefficient (Wildman–Crippen LogP) is 3.14. The van der Waals surface area contributed by atoms with Gasteiger partial charge in [0.1, 0.15) is 12.4 Å². The van der Waals surface area contributed by atoms with E-state index in [0.717, 1.165) is 56.8 Å². The second-order valence-electron chi connectivity index (χ2n) is 6.89. The van der Waals surface area contributed by atoms with Crippen LogP contribution in [-0.2, 0) is 24.8 Å². The molecular formula is C19H33IN6OS. The van der Waals surface area contributed by atoms with Gasteiger partial charge in [-0.05, 0) is 37.1 Å². The molecule has 7 nitrogen and oxygen atoms in total. The summed E-state index contributed by atoms with van der Waals surface area (Å²) in [6.07, 6.45) is 1.93. The fourth-order valence-corrected chi connectivity index (χ4v) is 3.08. The first-order valence-electron chi connectivity index (χ1n) is 9.53. The number of thiophene rings is 1. The Kier molecular flexibility index (Phi) is 12.3. The Morgan fingerprint density at radius 1 is 1.29 bits per heavy atom. The topological polar surface area (TPSA) is 76.4 Å². The summed E-state index contributed by atoms with van der Waals surface area (Å²) in [5.41, 5.74) is 0. The summed E-state index contributed by atoms with van der Waals surface area (Å²) in [6.45, 7) is 9.99. The van der Waals surface area contributed by atoms with Gasteiger partial charge in [-0.1, -0.05) is 19.9 Å². The van der Waals surface area contributed by atoms with Crippen molar-refractivity contribution in [2.75, 3.05) is 26.3 Å². The van der Waals surface area contributed by atoms with Crippen molar-refractivity contribution in [3.05, 3.63) is 34.0 Å². The highest BCUT2D eigenvalue weighted by molar-refractivity contribution is 14.0. The largest absolute Gasteiger partial charge is 0.381 e. The van der Waals surface area contributed by atoms with Gasteiger partial charge in [-0.2, -0.15) is 0 Å². The van der Waals surface area contributed by atoms with Crippen molar-refractivity contribution >= 4 is 41.3 Å². The normalized spacial score (nSPS) is 11.5. The number of nitrogens with one attached hydrogen (secondary N) is 2. The molecule has 0 unspecified atom stereocenters. The zero-order valence-electron chi connectivity index (χ0n) is 17.3. The average molecular weight is 520 g/mol. The summed E-state index contributed by atoms with van der Waals surface area (Å²) in [5, 5.41) is 17.2. The van der Waals surface area contributed by atoms with Gasteiger partial charge in [0.2, 0.25) is 0 Å². The van der Waals surface area contributed by atoms with E-state index in [1.165, 1.54) is 4.88 Å². The molecule has 0 aliphatic heterocycles. The van der Waals surface area contributed by atoms with E-state index in [1.54, 1.807) is 11.3 Å². The third kappa shape index (κ3) is 9.33. The molecule has 0 aliphatic carbocycles. The van der Waals surface area contributed by atoms with Crippen LogP contribution in [0.2, 0.25) is 0 Å². The summed E-state index contributed by atoms with van der Waals surface area (Å²) in [5.74, 6) is 3.12. The van der Waals surface area contributed by atoms with Crippen molar-refractivity contribution in [1.29, 1.82) is 0 Å². The van der Waals surface area contributed by atoms with Crippen LogP contribution in [0.4, 0.5) is 0 Å². The van der Waals surface area contributed by atoms with E-state index in [9.17, 15) is 0 Å². The molecule has 0 fully saturated rings. The molecule has 0 aliphatic rings. The molecule has 9 heteroatoms. The fourth-order valence-electron chi connectivity index (χ4n) is 2.37. The molecule has 158 valence electrons. The minimum absolute atomic E-state index is 0. The first kappa shape index (κ1) is 24.8. The van der Waals surface area contributed by atoms with Gasteiger partial charge in [0, 0.05) is 38.2 Å². The third-order valence-corrected chi connectivity index (χ3v) is 4.95. The van der Waals surface area contributed by atoms with E-state index in [2.05, 4.69) is 57.2 Å². The zero-order valence-corrected chi connectivity index (χ0v) is 20.4. The number of hydrogen-bond donors (Lipinski definition) is 2. The van der Waals surface area contributed by atoms with Crippen LogP contribution in [0.1, 0.15) is 36.8 Å². The first-order chi connectivity index (χ1) is 13.1. The number of aliphatic imine (C=N–C) groups is 1. The molecule has 0 atom stereocenters. The molecule has 2 N–H and O–H groups in total. The maximum absolute atomic E-state index is 5.63. The number of aromatic nitrogens is 3. The van der Waals surface area contributed by atoms with E-state index < -0.39 is 0 Å². The first-order valence-corrected chi connectivity index (χ1v) is 10.4. The number of aryl methyl sites for hydroxylation is 1. The minimum Gasteiger partial charge on any atom is -0.381 e. The van der Waals surface area contributed by atoms with Crippen LogP contribution >= 0.6 is 35.3 Å². The lowest BCUT2D eigenvalue weighted by molar-refractivity contribution is 0.108. The van der Waals surface area contributed by atoms with Gasteiger partial charge >= 0.3 is 0 Å². The molecule has 2 heterocycles. The van der Waals surface area contributed by atoms with Crippen LogP contribution in [0.25, 0.3) is 0 Å². The van der Waals surface area contributed by atoms with Crippen molar-refractivity contribution in [2.45, 2.75) is 40.2 Å². The number of guanidine groups is 1. The van der Waals surface area contributed by atoms with Crippen molar-refractivity contribution < 1.29 is 4.74 Å². The van der Waals surface area contributed by atoms with Crippen LogP contribution in [0.15, 0.2) is 22.5 Å². The lowest BCUT2D eigenvalue weighted by Crippen LogP contribution is -2.39.